The summed E-state index contributed by atoms with van der Waals surface area (Å²) < 4.78 is 0. The first kappa shape index (κ1) is 12.8. The molecule has 3 rings (SSSR count). The summed E-state index contributed by atoms with van der Waals surface area (Å²) in [5, 5.41) is 0.565. The van der Waals surface area contributed by atoms with E-state index < -0.39 is 0 Å². The van der Waals surface area contributed by atoms with Gasteiger partial charge in [-0.05, 0) is 35.5 Å². The van der Waals surface area contributed by atoms with Crippen molar-refractivity contribution < 1.29 is 20.3 Å². The predicted molar refractivity (Wildman–Crippen MR) is 73.4 cm³/mol. The number of benzene rings is 1. The van der Waals surface area contributed by atoms with Crippen molar-refractivity contribution in [1.82, 2.24) is 0 Å². The molecule has 0 spiro atoms. The van der Waals surface area contributed by atoms with Crippen LogP contribution >= 0.6 is 11.8 Å². The van der Waals surface area contributed by atoms with Gasteiger partial charge in [0.25, 0.3) is 0 Å². The van der Waals surface area contributed by atoms with Crippen LogP contribution in [0, 0.1) is 0 Å². The van der Waals surface area contributed by atoms with Crippen molar-refractivity contribution in [2.24, 2.45) is 0 Å². The number of hydrogen-bond donors (Lipinski definition) is 0. The van der Waals surface area contributed by atoms with E-state index in [4.69, 9.17) is 0 Å². The van der Waals surface area contributed by atoms with Gasteiger partial charge in [-0.1, -0.05) is 48.1 Å². The van der Waals surface area contributed by atoms with Gasteiger partial charge in [0.05, 0.1) is 5.25 Å². The molecule has 0 radical (unpaired) electrons. The van der Waals surface area contributed by atoms with Crippen LogP contribution in [0.25, 0.3) is 5.57 Å². The van der Waals surface area contributed by atoms with E-state index >= 15 is 0 Å². The third-order valence-corrected chi connectivity index (χ3v) is 4.31. The number of allylic oxidation sites excluding steroid dienone is 4. The smallest absolute Gasteiger partial charge is 1.00 e. The molecule has 0 aromatic heterocycles. The fourth-order valence-electron chi connectivity index (χ4n) is 2.44. The number of hydrogen-bond acceptors (Lipinski definition) is 1. The van der Waals surface area contributed by atoms with Crippen LogP contribution in [-0.4, -0.2) is 5.25 Å². The van der Waals surface area contributed by atoms with Crippen molar-refractivity contribution in [2.75, 3.05) is 0 Å². The molecule has 1 unspecified atom stereocenters. The normalized spacial score (nSPS) is 21.9. The van der Waals surface area contributed by atoms with Crippen LogP contribution in [0.15, 0.2) is 58.5 Å². The van der Waals surface area contributed by atoms with Crippen LogP contribution in [-0.2, 0) is 0 Å². The monoisotopic (exact) mass is 234 g/mol. The van der Waals surface area contributed by atoms with E-state index in [1.807, 2.05) is 11.8 Å². The molecule has 1 heterocycles. The standard InChI is InChI=1S/C15H14S.Li.H/c1-10-8-13-14(9-10)16-11(2)15(13)12-6-4-3-5-7-12;;/h3-9,14H,1-2H3;;/q;+1;-1. The molecule has 17 heavy (non-hydrogen) atoms. The first-order valence-corrected chi connectivity index (χ1v) is 6.47. The Morgan fingerprint density at radius 1 is 1.12 bits per heavy atom. The van der Waals surface area contributed by atoms with Crippen LogP contribution in [0.1, 0.15) is 20.8 Å². The van der Waals surface area contributed by atoms with Crippen molar-refractivity contribution in [1.29, 1.82) is 0 Å². The molecule has 1 atom stereocenters. The summed E-state index contributed by atoms with van der Waals surface area (Å²) in [5.74, 6) is 0. The molecule has 0 amide bonds. The fourth-order valence-corrected chi connectivity index (χ4v) is 3.77. The molecule has 2 heteroatoms. The maximum atomic E-state index is 2.36. The first-order valence-electron chi connectivity index (χ1n) is 5.59. The second-order valence-corrected chi connectivity index (χ2v) is 5.70. The topological polar surface area (TPSA) is 0 Å². The van der Waals surface area contributed by atoms with E-state index in [0.717, 1.165) is 0 Å². The van der Waals surface area contributed by atoms with Crippen molar-refractivity contribution in [2.45, 2.75) is 19.1 Å². The first-order chi connectivity index (χ1) is 7.75. The van der Waals surface area contributed by atoms with E-state index in [1.165, 1.54) is 27.2 Å². The van der Waals surface area contributed by atoms with Crippen LogP contribution < -0.4 is 18.9 Å². The van der Waals surface area contributed by atoms with Gasteiger partial charge in [-0.15, -0.1) is 11.8 Å². The van der Waals surface area contributed by atoms with E-state index in [1.54, 1.807) is 0 Å². The zero-order valence-corrected chi connectivity index (χ0v) is 11.3. The van der Waals surface area contributed by atoms with E-state index in [-0.39, 0.29) is 20.3 Å². The molecule has 2 aliphatic rings. The summed E-state index contributed by atoms with van der Waals surface area (Å²) in [7, 11) is 0. The summed E-state index contributed by atoms with van der Waals surface area (Å²) >= 11 is 1.98. The van der Waals surface area contributed by atoms with Crippen LogP contribution in [0.3, 0.4) is 0 Å². The number of fused-ring (bicyclic) bond motifs is 1. The zero-order chi connectivity index (χ0) is 11.1. The van der Waals surface area contributed by atoms with E-state index in [0.29, 0.717) is 5.25 Å². The minimum absolute atomic E-state index is 0. The number of thioether (sulfide) groups is 1. The summed E-state index contributed by atoms with van der Waals surface area (Å²) in [5.41, 5.74) is 5.69. The van der Waals surface area contributed by atoms with Crippen molar-refractivity contribution >= 4 is 17.3 Å². The van der Waals surface area contributed by atoms with Crippen LogP contribution in [0.2, 0.25) is 0 Å². The average molecular weight is 234 g/mol. The van der Waals surface area contributed by atoms with Crippen molar-refractivity contribution in [3.8, 4) is 0 Å². The Labute approximate surface area is 121 Å². The molecule has 1 aromatic carbocycles. The third-order valence-electron chi connectivity index (χ3n) is 3.11. The maximum Gasteiger partial charge on any atom is 1.00 e. The summed E-state index contributed by atoms with van der Waals surface area (Å²) in [4.78, 5) is 1.45. The largest absolute Gasteiger partial charge is 1.00 e. The Morgan fingerprint density at radius 2 is 1.82 bits per heavy atom. The molecule has 0 saturated carbocycles. The Balaban J connectivity index is 0.000000810. The van der Waals surface area contributed by atoms with Gasteiger partial charge in [0.1, 0.15) is 0 Å². The number of rotatable bonds is 1. The molecule has 0 saturated heterocycles. The van der Waals surface area contributed by atoms with Gasteiger partial charge in [-0.3, -0.25) is 0 Å². The second-order valence-electron chi connectivity index (χ2n) is 4.35. The summed E-state index contributed by atoms with van der Waals surface area (Å²) in [6, 6.07) is 10.7. The van der Waals surface area contributed by atoms with Crippen LogP contribution in [0.5, 0.6) is 0 Å². The van der Waals surface area contributed by atoms with Gasteiger partial charge < -0.3 is 1.43 Å². The molecular formula is C15H15LiS. The average Bonchev–Trinajstić information content (AvgIpc) is 2.74. The summed E-state index contributed by atoms with van der Waals surface area (Å²) in [6.07, 6.45) is 4.69. The minimum atomic E-state index is 0. The fraction of sp³-hybridized carbons (Fsp3) is 0.200. The van der Waals surface area contributed by atoms with Gasteiger partial charge in [0.2, 0.25) is 0 Å². The molecule has 0 nitrogen and oxygen atoms in total. The third kappa shape index (κ3) is 2.20. The quantitative estimate of drug-likeness (QED) is 0.664. The summed E-state index contributed by atoms with van der Waals surface area (Å²) in [6.45, 7) is 4.42. The molecule has 1 aliphatic heterocycles. The van der Waals surface area contributed by atoms with Crippen LogP contribution in [0.4, 0.5) is 0 Å². The predicted octanol–water partition coefficient (Wildman–Crippen LogP) is 1.54. The maximum absolute atomic E-state index is 2.36. The molecule has 0 N–H and O–H groups in total. The van der Waals surface area contributed by atoms with Gasteiger partial charge in [-0.25, -0.2) is 0 Å². The Morgan fingerprint density at radius 3 is 2.53 bits per heavy atom. The zero-order valence-electron chi connectivity index (χ0n) is 11.5. The SMILES string of the molecule is CC1=CC2SC(C)=C(c3ccccc3)C2=C1.[H-].[Li+]. The van der Waals surface area contributed by atoms with Crippen molar-refractivity contribution in [3.63, 3.8) is 0 Å². The molecule has 0 bridgehead atoms. The van der Waals surface area contributed by atoms with Gasteiger partial charge in [0, 0.05) is 0 Å². The van der Waals surface area contributed by atoms with Gasteiger partial charge in [0.15, 0.2) is 0 Å². The molecule has 0 fully saturated rings. The van der Waals surface area contributed by atoms with E-state index in [2.05, 4.69) is 56.3 Å². The van der Waals surface area contributed by atoms with Crippen molar-refractivity contribution in [3.05, 3.63) is 64.1 Å². The van der Waals surface area contributed by atoms with Gasteiger partial charge >= 0.3 is 18.9 Å². The minimum Gasteiger partial charge on any atom is -1.00 e. The van der Waals surface area contributed by atoms with E-state index in [9.17, 15) is 0 Å². The van der Waals surface area contributed by atoms with Gasteiger partial charge in [-0.2, -0.15) is 0 Å². The Bertz CT molecular complexity index is 529. The second kappa shape index (κ2) is 4.94. The Kier molecular flexibility index (Phi) is 3.73. The molecular weight excluding hydrogens is 219 g/mol. The molecule has 82 valence electrons. The molecule has 1 aliphatic carbocycles. The Hall–Kier alpha value is -0.613. The molecule has 1 aromatic rings.